The molecule has 1 fully saturated rings. The average Bonchev–Trinajstić information content (AvgIpc) is 3.35. The van der Waals surface area contributed by atoms with Gasteiger partial charge in [0.05, 0.1) is 34.5 Å². The number of ether oxygens (including phenoxy) is 4. The third kappa shape index (κ3) is 6.59. The van der Waals surface area contributed by atoms with E-state index < -0.39 is 0 Å². The Morgan fingerprint density at radius 3 is 2.39 bits per heavy atom. The number of rotatable bonds is 11. The predicted molar refractivity (Wildman–Crippen MR) is 119 cm³/mol. The number of benzene rings is 1. The second-order valence-electron chi connectivity index (χ2n) is 7.38. The first-order chi connectivity index (χ1) is 16.0. The summed E-state index contributed by atoms with van der Waals surface area (Å²) < 4.78 is 26.2. The molecular formula is C22H30N4O7. The van der Waals surface area contributed by atoms with E-state index in [0.29, 0.717) is 49.0 Å². The minimum Gasteiger partial charge on any atom is -0.493 e. The molecule has 0 saturated carbocycles. The van der Waals surface area contributed by atoms with E-state index in [9.17, 15) is 9.59 Å². The first-order valence-electron chi connectivity index (χ1n) is 10.6. The number of carbonyl (C=O) groups excluding carboxylic acids is 2. The van der Waals surface area contributed by atoms with Crippen LogP contribution in [0, 0.1) is 0 Å². The molecule has 0 bridgehead atoms. The van der Waals surface area contributed by atoms with Gasteiger partial charge >= 0.3 is 0 Å². The van der Waals surface area contributed by atoms with Crippen molar-refractivity contribution in [3.05, 3.63) is 30.0 Å². The Kier molecular flexibility index (Phi) is 8.90. The Morgan fingerprint density at radius 2 is 1.82 bits per heavy atom. The van der Waals surface area contributed by atoms with Gasteiger partial charge in [-0.05, 0) is 18.6 Å². The quantitative estimate of drug-likeness (QED) is 0.530. The van der Waals surface area contributed by atoms with Crippen LogP contribution in [0.4, 0.5) is 5.82 Å². The lowest BCUT2D eigenvalue weighted by molar-refractivity contribution is -0.117. The van der Waals surface area contributed by atoms with Crippen molar-refractivity contribution in [1.29, 1.82) is 0 Å². The summed E-state index contributed by atoms with van der Waals surface area (Å²) in [5.41, 5.74) is 0.324. The predicted octanol–water partition coefficient (Wildman–Crippen LogP) is 1.50. The molecule has 2 amide bonds. The molecule has 0 radical (unpaired) electrons. The highest BCUT2D eigenvalue weighted by atomic mass is 16.5. The molecule has 1 aliphatic heterocycles. The normalized spacial score (nSPS) is 13.9. The maximum absolute atomic E-state index is 13.4. The third-order valence-electron chi connectivity index (χ3n) is 5.24. The lowest BCUT2D eigenvalue weighted by Crippen LogP contribution is -2.41. The molecule has 1 N–H and O–H groups in total. The summed E-state index contributed by atoms with van der Waals surface area (Å²) >= 11 is 0. The van der Waals surface area contributed by atoms with Crippen molar-refractivity contribution in [3.8, 4) is 17.2 Å². The van der Waals surface area contributed by atoms with Crippen molar-refractivity contribution < 1.29 is 33.1 Å². The van der Waals surface area contributed by atoms with Crippen LogP contribution in [0.25, 0.3) is 0 Å². The molecule has 2 aromatic rings. The minimum atomic E-state index is -0.379. The molecule has 1 aliphatic rings. The smallest absolute Gasteiger partial charge is 0.254 e. The van der Waals surface area contributed by atoms with Crippen molar-refractivity contribution in [2.75, 3.05) is 72.6 Å². The Hall–Kier alpha value is -3.31. The summed E-state index contributed by atoms with van der Waals surface area (Å²) in [6.45, 7) is 4.15. The van der Waals surface area contributed by atoms with E-state index in [1.807, 2.05) is 0 Å². The van der Waals surface area contributed by atoms with Crippen LogP contribution < -0.4 is 19.5 Å². The van der Waals surface area contributed by atoms with E-state index in [-0.39, 0.29) is 24.2 Å². The van der Waals surface area contributed by atoms with Crippen LogP contribution in [-0.4, -0.2) is 94.0 Å². The van der Waals surface area contributed by atoms with Crippen LogP contribution in [0.3, 0.4) is 0 Å². The Morgan fingerprint density at radius 1 is 1.12 bits per heavy atom. The molecule has 0 unspecified atom stereocenters. The van der Waals surface area contributed by atoms with Crippen molar-refractivity contribution in [2.24, 2.45) is 0 Å². The zero-order valence-corrected chi connectivity index (χ0v) is 19.2. The molecule has 180 valence electrons. The number of anilines is 1. The molecule has 3 rings (SSSR count). The zero-order valence-electron chi connectivity index (χ0n) is 19.2. The summed E-state index contributed by atoms with van der Waals surface area (Å²) in [5, 5.41) is 6.31. The first kappa shape index (κ1) is 24.3. The lowest BCUT2D eigenvalue weighted by atomic mass is 10.1. The number of methoxy groups -OCH3 is 3. The fourth-order valence-corrected chi connectivity index (χ4v) is 3.58. The van der Waals surface area contributed by atoms with Gasteiger partial charge in [0.1, 0.15) is 12.8 Å². The average molecular weight is 463 g/mol. The van der Waals surface area contributed by atoms with Crippen molar-refractivity contribution in [3.63, 3.8) is 0 Å². The molecule has 11 heteroatoms. The van der Waals surface area contributed by atoms with Crippen LogP contribution in [0.1, 0.15) is 16.8 Å². The zero-order chi connectivity index (χ0) is 23.6. The molecule has 1 aromatic carbocycles. The standard InChI is InChI=1S/C22H30N4O7/c1-29-17-13-16(14-18(30-2)21(17)31-3)22(28)26(7-4-6-25-8-11-32-12-9-25)15-20(27)23-19-5-10-33-24-19/h5,10,13-14H,4,6-9,11-12,15H2,1-3H3,(H,23,24,27). The first-order valence-corrected chi connectivity index (χ1v) is 10.6. The van der Waals surface area contributed by atoms with Gasteiger partial charge in [0, 0.05) is 37.8 Å². The number of hydrogen-bond acceptors (Lipinski definition) is 9. The van der Waals surface area contributed by atoms with Gasteiger partial charge in [-0.15, -0.1) is 0 Å². The van der Waals surface area contributed by atoms with Crippen LogP contribution >= 0.6 is 0 Å². The van der Waals surface area contributed by atoms with Crippen molar-refractivity contribution >= 4 is 17.6 Å². The number of nitrogens with one attached hydrogen (secondary N) is 1. The highest BCUT2D eigenvalue weighted by Crippen LogP contribution is 2.38. The second kappa shape index (κ2) is 12.1. The van der Waals surface area contributed by atoms with Crippen LogP contribution in [0.15, 0.2) is 29.0 Å². The van der Waals surface area contributed by atoms with E-state index in [2.05, 4.69) is 15.4 Å². The van der Waals surface area contributed by atoms with Crippen LogP contribution in [0.2, 0.25) is 0 Å². The molecule has 0 spiro atoms. The molecule has 1 aromatic heterocycles. The van der Waals surface area contributed by atoms with E-state index >= 15 is 0 Å². The molecule has 33 heavy (non-hydrogen) atoms. The summed E-state index contributed by atoms with van der Waals surface area (Å²) in [6, 6.07) is 4.68. The number of nitrogens with zero attached hydrogens (tertiary/aromatic N) is 3. The van der Waals surface area contributed by atoms with Crippen molar-refractivity contribution in [1.82, 2.24) is 15.0 Å². The fourth-order valence-electron chi connectivity index (χ4n) is 3.58. The highest BCUT2D eigenvalue weighted by molar-refractivity contribution is 5.99. The van der Waals surface area contributed by atoms with Gasteiger partial charge in [0.15, 0.2) is 17.3 Å². The summed E-state index contributed by atoms with van der Waals surface area (Å²) in [7, 11) is 4.46. The van der Waals surface area contributed by atoms with Gasteiger partial charge < -0.3 is 33.7 Å². The highest BCUT2D eigenvalue weighted by Gasteiger charge is 2.23. The van der Waals surface area contributed by atoms with Gasteiger partial charge in [-0.1, -0.05) is 5.16 Å². The van der Waals surface area contributed by atoms with Crippen LogP contribution in [0.5, 0.6) is 17.2 Å². The molecule has 0 atom stereocenters. The van der Waals surface area contributed by atoms with Gasteiger partial charge in [0.2, 0.25) is 11.7 Å². The Balaban J connectivity index is 1.75. The van der Waals surface area contributed by atoms with Crippen molar-refractivity contribution in [2.45, 2.75) is 6.42 Å². The Labute approximate surface area is 192 Å². The summed E-state index contributed by atoms with van der Waals surface area (Å²) in [5.74, 6) is 0.691. The molecule has 0 aliphatic carbocycles. The number of carbonyl (C=O) groups is 2. The number of amides is 2. The minimum absolute atomic E-state index is 0.147. The Bertz CT molecular complexity index is 888. The third-order valence-corrected chi connectivity index (χ3v) is 5.24. The van der Waals surface area contributed by atoms with E-state index in [1.165, 1.54) is 38.6 Å². The maximum atomic E-state index is 13.4. The topological polar surface area (TPSA) is 116 Å². The van der Waals surface area contributed by atoms with Gasteiger partial charge in [-0.25, -0.2) is 0 Å². The second-order valence-corrected chi connectivity index (χ2v) is 7.38. The number of hydrogen-bond donors (Lipinski definition) is 1. The monoisotopic (exact) mass is 462 g/mol. The fraction of sp³-hybridized carbons (Fsp3) is 0.500. The summed E-state index contributed by atoms with van der Waals surface area (Å²) in [4.78, 5) is 29.8. The summed E-state index contributed by atoms with van der Waals surface area (Å²) in [6.07, 6.45) is 2.06. The molecule has 11 nitrogen and oxygen atoms in total. The van der Waals surface area contributed by atoms with Crippen LogP contribution in [-0.2, 0) is 9.53 Å². The SMILES string of the molecule is COc1cc(C(=O)N(CCCN2CCOCC2)CC(=O)Nc2ccon2)cc(OC)c1OC. The molecule has 1 saturated heterocycles. The largest absolute Gasteiger partial charge is 0.493 e. The lowest BCUT2D eigenvalue weighted by Gasteiger charge is -2.28. The van der Waals surface area contributed by atoms with E-state index in [0.717, 1.165) is 19.6 Å². The molecular weight excluding hydrogens is 432 g/mol. The molecule has 2 heterocycles. The number of aromatic nitrogens is 1. The van der Waals surface area contributed by atoms with E-state index in [1.54, 1.807) is 12.1 Å². The van der Waals surface area contributed by atoms with E-state index in [4.69, 9.17) is 23.5 Å². The van der Waals surface area contributed by atoms with Gasteiger partial charge in [-0.3, -0.25) is 14.5 Å². The van der Waals surface area contributed by atoms with Gasteiger partial charge in [-0.2, -0.15) is 0 Å². The van der Waals surface area contributed by atoms with Gasteiger partial charge in [0.25, 0.3) is 5.91 Å². The maximum Gasteiger partial charge on any atom is 0.254 e. The number of morpholine rings is 1.